The predicted molar refractivity (Wildman–Crippen MR) is 117 cm³/mol. The summed E-state index contributed by atoms with van der Waals surface area (Å²) < 4.78 is 5.54. The molecule has 0 atom stereocenters. The van der Waals surface area contributed by atoms with E-state index in [-0.39, 0.29) is 0 Å². The van der Waals surface area contributed by atoms with E-state index in [0.29, 0.717) is 24.7 Å². The minimum Gasteiger partial charge on any atom is -0.378 e. The van der Waals surface area contributed by atoms with E-state index in [2.05, 4.69) is 32.2 Å². The molecule has 2 fully saturated rings. The van der Waals surface area contributed by atoms with Gasteiger partial charge in [0.1, 0.15) is 22.4 Å². The van der Waals surface area contributed by atoms with E-state index in [4.69, 9.17) is 20.0 Å². The first-order valence-electron chi connectivity index (χ1n) is 10.2. The van der Waals surface area contributed by atoms with Crippen LogP contribution in [0.4, 0.5) is 5.82 Å². The lowest BCUT2D eigenvalue weighted by molar-refractivity contribution is 0.122. The quantitative estimate of drug-likeness (QED) is 0.683. The van der Waals surface area contributed by atoms with Crippen LogP contribution in [0.25, 0.3) is 21.6 Å². The zero-order chi connectivity index (χ0) is 20.3. The third-order valence-electron chi connectivity index (χ3n) is 5.46. The first-order chi connectivity index (χ1) is 14.8. The maximum absolute atomic E-state index is 9.02. The SMILES string of the molecule is N#Cc1ccc(-c2nc(N3CCOCC3)c3cc(CN4CCNCC4)sc3n2)cn1. The van der Waals surface area contributed by atoms with Crippen molar-refractivity contribution in [2.24, 2.45) is 0 Å². The minimum absolute atomic E-state index is 0.391. The van der Waals surface area contributed by atoms with Crippen LogP contribution < -0.4 is 10.2 Å². The summed E-state index contributed by atoms with van der Waals surface area (Å²) in [6, 6.07) is 7.89. The predicted octanol–water partition coefficient (Wildman–Crippen LogP) is 1.87. The van der Waals surface area contributed by atoms with Gasteiger partial charge >= 0.3 is 0 Å². The Morgan fingerprint density at radius 1 is 1.13 bits per heavy atom. The number of rotatable bonds is 4. The van der Waals surface area contributed by atoms with Crippen LogP contribution in [0.2, 0.25) is 0 Å². The molecule has 2 aliphatic rings. The molecule has 3 aromatic rings. The van der Waals surface area contributed by atoms with Crippen molar-refractivity contribution in [2.75, 3.05) is 57.4 Å². The van der Waals surface area contributed by atoms with E-state index in [9.17, 15) is 0 Å². The topological polar surface area (TPSA) is 90.2 Å². The number of nitriles is 1. The fourth-order valence-electron chi connectivity index (χ4n) is 3.86. The molecule has 0 bridgehead atoms. The number of nitrogens with one attached hydrogen (secondary N) is 1. The van der Waals surface area contributed by atoms with E-state index < -0.39 is 0 Å². The smallest absolute Gasteiger partial charge is 0.164 e. The molecule has 0 amide bonds. The van der Waals surface area contributed by atoms with Crippen molar-refractivity contribution in [1.29, 1.82) is 5.26 Å². The standard InChI is InChI=1S/C21H23N7OS/c22-12-16-2-1-15(13-24-16)19-25-20(28-7-9-29-10-8-28)18-11-17(30-21(18)26-19)14-27-5-3-23-4-6-27/h1-2,11,13,23H,3-10,14H2. The molecule has 3 aromatic heterocycles. The third kappa shape index (κ3) is 4.00. The Hall–Kier alpha value is -2.64. The van der Waals surface area contributed by atoms with Crippen molar-refractivity contribution in [3.05, 3.63) is 35.0 Å². The molecule has 5 rings (SSSR count). The maximum Gasteiger partial charge on any atom is 0.164 e. The number of morpholine rings is 1. The number of pyridine rings is 1. The van der Waals surface area contributed by atoms with Crippen LogP contribution in [0, 0.1) is 11.3 Å². The van der Waals surface area contributed by atoms with Gasteiger partial charge in [0.2, 0.25) is 0 Å². The van der Waals surface area contributed by atoms with Gasteiger partial charge < -0.3 is 15.0 Å². The zero-order valence-corrected chi connectivity index (χ0v) is 17.5. The first kappa shape index (κ1) is 19.3. The van der Waals surface area contributed by atoms with E-state index in [1.807, 2.05) is 6.07 Å². The first-order valence-corrected chi connectivity index (χ1v) is 11.0. The molecule has 0 aromatic carbocycles. The van der Waals surface area contributed by atoms with E-state index >= 15 is 0 Å². The van der Waals surface area contributed by atoms with Gasteiger partial charge in [-0.15, -0.1) is 11.3 Å². The molecular formula is C21H23N7OS. The van der Waals surface area contributed by atoms with Gasteiger partial charge in [-0.2, -0.15) is 5.26 Å². The van der Waals surface area contributed by atoms with E-state index in [1.165, 1.54) is 4.88 Å². The van der Waals surface area contributed by atoms with Crippen LogP contribution >= 0.6 is 11.3 Å². The molecule has 5 heterocycles. The molecule has 0 saturated carbocycles. The van der Waals surface area contributed by atoms with Gasteiger partial charge in [-0.1, -0.05) is 0 Å². The van der Waals surface area contributed by atoms with E-state index in [0.717, 1.165) is 67.4 Å². The molecule has 2 aliphatic heterocycles. The van der Waals surface area contributed by atoms with Crippen LogP contribution in [-0.4, -0.2) is 72.3 Å². The average Bonchev–Trinajstić information content (AvgIpc) is 3.22. The van der Waals surface area contributed by atoms with Crippen LogP contribution in [0.3, 0.4) is 0 Å². The summed E-state index contributed by atoms with van der Waals surface area (Å²) in [5.41, 5.74) is 1.21. The van der Waals surface area contributed by atoms with Crippen molar-refractivity contribution >= 4 is 27.4 Å². The summed E-state index contributed by atoms with van der Waals surface area (Å²) in [5.74, 6) is 1.61. The van der Waals surface area contributed by atoms with Crippen LogP contribution in [-0.2, 0) is 11.3 Å². The molecule has 0 aliphatic carbocycles. The van der Waals surface area contributed by atoms with Gasteiger partial charge in [-0.05, 0) is 18.2 Å². The average molecular weight is 422 g/mol. The molecule has 30 heavy (non-hydrogen) atoms. The van der Waals surface area contributed by atoms with Gasteiger partial charge in [0, 0.05) is 62.5 Å². The van der Waals surface area contributed by atoms with Crippen molar-refractivity contribution < 1.29 is 4.74 Å². The number of thiophene rings is 1. The Bertz CT molecular complexity index is 1060. The van der Waals surface area contributed by atoms with E-state index in [1.54, 1.807) is 23.6 Å². The van der Waals surface area contributed by atoms with Crippen molar-refractivity contribution in [3.8, 4) is 17.5 Å². The molecule has 154 valence electrons. The highest BCUT2D eigenvalue weighted by Gasteiger charge is 2.21. The second kappa shape index (κ2) is 8.62. The highest BCUT2D eigenvalue weighted by Crippen LogP contribution is 2.34. The lowest BCUT2D eigenvalue weighted by Gasteiger charge is -2.28. The van der Waals surface area contributed by atoms with Crippen LogP contribution in [0.5, 0.6) is 0 Å². The van der Waals surface area contributed by atoms with Gasteiger partial charge in [0.25, 0.3) is 0 Å². The number of anilines is 1. The number of hydrogen-bond donors (Lipinski definition) is 1. The van der Waals surface area contributed by atoms with Crippen LogP contribution in [0.1, 0.15) is 10.6 Å². The molecule has 2 saturated heterocycles. The Morgan fingerprint density at radius 3 is 2.70 bits per heavy atom. The fourth-order valence-corrected chi connectivity index (χ4v) is 4.93. The fraction of sp³-hybridized carbons (Fsp3) is 0.429. The Balaban J connectivity index is 1.54. The van der Waals surface area contributed by atoms with Crippen molar-refractivity contribution in [1.82, 2.24) is 25.2 Å². The molecule has 0 spiro atoms. The zero-order valence-electron chi connectivity index (χ0n) is 16.7. The summed E-state index contributed by atoms with van der Waals surface area (Å²) in [6.07, 6.45) is 1.68. The third-order valence-corrected chi connectivity index (χ3v) is 6.47. The number of nitrogens with zero attached hydrogens (tertiary/aromatic N) is 6. The second-order valence-electron chi connectivity index (χ2n) is 7.47. The summed E-state index contributed by atoms with van der Waals surface area (Å²) in [4.78, 5) is 21.1. The molecule has 8 nitrogen and oxygen atoms in total. The Kier molecular flexibility index (Phi) is 5.55. The largest absolute Gasteiger partial charge is 0.378 e. The number of ether oxygens (including phenoxy) is 1. The molecule has 9 heteroatoms. The lowest BCUT2D eigenvalue weighted by atomic mass is 10.2. The van der Waals surface area contributed by atoms with Crippen molar-refractivity contribution in [3.63, 3.8) is 0 Å². The summed E-state index contributed by atoms with van der Waals surface area (Å²) >= 11 is 1.74. The molecule has 1 N–H and O–H groups in total. The number of hydrogen-bond acceptors (Lipinski definition) is 9. The Morgan fingerprint density at radius 2 is 1.97 bits per heavy atom. The number of aromatic nitrogens is 3. The number of fused-ring (bicyclic) bond motifs is 1. The van der Waals surface area contributed by atoms with Gasteiger partial charge in [0.15, 0.2) is 5.82 Å². The Labute approximate surface area is 179 Å². The highest BCUT2D eigenvalue weighted by atomic mass is 32.1. The molecular weight excluding hydrogens is 398 g/mol. The monoisotopic (exact) mass is 421 g/mol. The van der Waals surface area contributed by atoms with Crippen molar-refractivity contribution in [2.45, 2.75) is 6.54 Å². The molecule has 0 unspecified atom stereocenters. The lowest BCUT2D eigenvalue weighted by Crippen LogP contribution is -2.42. The van der Waals surface area contributed by atoms with Gasteiger partial charge in [0.05, 0.1) is 18.6 Å². The summed E-state index contributed by atoms with van der Waals surface area (Å²) in [5, 5.41) is 13.5. The summed E-state index contributed by atoms with van der Waals surface area (Å²) in [7, 11) is 0. The minimum atomic E-state index is 0.391. The highest BCUT2D eigenvalue weighted by molar-refractivity contribution is 7.18. The number of piperazine rings is 1. The van der Waals surface area contributed by atoms with Crippen LogP contribution in [0.15, 0.2) is 24.4 Å². The van der Waals surface area contributed by atoms with Gasteiger partial charge in [-0.3, -0.25) is 4.90 Å². The second-order valence-corrected chi connectivity index (χ2v) is 8.59. The molecule has 0 radical (unpaired) electrons. The maximum atomic E-state index is 9.02. The summed E-state index contributed by atoms with van der Waals surface area (Å²) in [6.45, 7) is 8.21. The van der Waals surface area contributed by atoms with Gasteiger partial charge in [-0.25, -0.2) is 15.0 Å². The normalized spacial score (nSPS) is 17.9.